The quantitative estimate of drug-likeness (QED) is 0.246. The van der Waals surface area contributed by atoms with E-state index in [1.54, 1.807) is 6.07 Å². The van der Waals surface area contributed by atoms with E-state index in [-0.39, 0.29) is 24.1 Å². The van der Waals surface area contributed by atoms with Gasteiger partial charge in [-0.15, -0.1) is 0 Å². The van der Waals surface area contributed by atoms with Gasteiger partial charge in [-0.1, -0.05) is 6.07 Å². The molecular weight excluding hydrogens is 406 g/mol. The summed E-state index contributed by atoms with van der Waals surface area (Å²) < 4.78 is 0. The number of carbonyl (C=O) groups excluding carboxylic acids is 5. The largest absolute Gasteiger partial charge is 0.505 e. The lowest BCUT2D eigenvalue weighted by Crippen LogP contribution is -2.74. The molecule has 3 aliphatic carbocycles. The number of anilines is 1. The van der Waals surface area contributed by atoms with Crippen molar-refractivity contribution in [2.45, 2.75) is 24.5 Å². The van der Waals surface area contributed by atoms with Crippen LogP contribution < -0.4 is 11.5 Å². The molecule has 3 aliphatic rings. The fourth-order valence-corrected chi connectivity index (χ4v) is 5.60. The number of hydrogen-bond acceptors (Lipinski definition) is 9. The van der Waals surface area contributed by atoms with Crippen LogP contribution in [0.15, 0.2) is 12.1 Å². The highest BCUT2D eigenvalue weighted by Gasteiger charge is 2.69. The summed E-state index contributed by atoms with van der Waals surface area (Å²) >= 11 is 0. The predicted molar refractivity (Wildman–Crippen MR) is 106 cm³/mol. The van der Waals surface area contributed by atoms with Crippen LogP contribution in [0.25, 0.3) is 0 Å². The molecule has 1 aromatic rings. The van der Waals surface area contributed by atoms with Gasteiger partial charge in [0, 0.05) is 5.92 Å². The van der Waals surface area contributed by atoms with Gasteiger partial charge in [0.05, 0.1) is 23.2 Å². The van der Waals surface area contributed by atoms with Crippen molar-refractivity contribution in [1.29, 1.82) is 0 Å². The topological polar surface area (TPSA) is 181 Å². The third-order valence-electron chi connectivity index (χ3n) is 6.97. The second kappa shape index (κ2) is 6.69. The Morgan fingerprint density at radius 2 is 1.81 bits per heavy atom. The van der Waals surface area contributed by atoms with E-state index < -0.39 is 70.1 Å². The molecule has 1 amide bonds. The van der Waals surface area contributed by atoms with E-state index in [0.717, 1.165) is 0 Å². The van der Waals surface area contributed by atoms with Gasteiger partial charge in [0.15, 0.2) is 34.7 Å². The normalized spacial score (nSPS) is 34.9. The van der Waals surface area contributed by atoms with Crippen LogP contribution >= 0.6 is 0 Å². The molecule has 2 saturated carbocycles. The van der Waals surface area contributed by atoms with E-state index >= 15 is 0 Å². The second-order valence-corrected chi connectivity index (χ2v) is 8.83. The zero-order valence-electron chi connectivity index (χ0n) is 17.0. The maximum Gasteiger partial charge on any atom is 0.235 e. The smallest absolute Gasteiger partial charge is 0.235 e. The zero-order valence-corrected chi connectivity index (χ0v) is 17.0. The van der Waals surface area contributed by atoms with Gasteiger partial charge in [0.1, 0.15) is 5.75 Å². The number of fused-ring (bicyclic) bond motifs is 3. The maximum atomic E-state index is 13.5. The first-order chi connectivity index (χ1) is 14.4. The lowest BCUT2D eigenvalue weighted by atomic mass is 9.52. The number of rotatable bonds is 2. The number of nitrogen functional groups attached to an aromatic ring is 1. The molecule has 31 heavy (non-hydrogen) atoms. The van der Waals surface area contributed by atoms with Crippen LogP contribution in [-0.4, -0.2) is 69.9 Å². The van der Waals surface area contributed by atoms with Crippen LogP contribution in [-0.2, 0) is 25.6 Å². The number of nitrogens with two attached hydrogens (primary N) is 2. The van der Waals surface area contributed by atoms with Crippen molar-refractivity contribution < 1.29 is 34.2 Å². The number of Topliss-reactive ketones (excluding diaryl/α,β-unsaturated/α-hetero) is 4. The Bertz CT molecular complexity index is 1070. The molecule has 0 heterocycles. The molecule has 6 atom stereocenters. The molecule has 10 heteroatoms. The standard InChI is InChI=1S/C21H23N3O7/c1-24(2)14-9-6-8-5-7-3-4-10(22)15(25)11(7)16(26)12(8)18(28)21(9,31)19(29)13(17(14)27)20(23)30/h3-4,8-9,12-14,25,31H,5-6,22H2,1-2H3,(H2,23,30)/t8-,9-,12?,13?,14?,21-/m0/s1. The Morgan fingerprint density at radius 1 is 1.16 bits per heavy atom. The van der Waals surface area contributed by atoms with Crippen LogP contribution in [0.3, 0.4) is 0 Å². The van der Waals surface area contributed by atoms with Gasteiger partial charge in [-0.3, -0.25) is 28.9 Å². The third kappa shape index (κ3) is 2.61. The molecule has 10 nitrogen and oxygen atoms in total. The molecule has 3 unspecified atom stereocenters. The third-order valence-corrected chi connectivity index (χ3v) is 6.97. The SMILES string of the molecule is CN(C)C1C(=O)C(C(N)=O)C(=O)[C@@]2(O)C(=O)C3C(=O)c4c(ccc(N)c4O)C[C@H]3C[C@@H]12. The number of ketones is 4. The van der Waals surface area contributed by atoms with Crippen molar-refractivity contribution in [3.63, 3.8) is 0 Å². The van der Waals surface area contributed by atoms with Crippen LogP contribution in [0, 0.1) is 23.7 Å². The zero-order chi connectivity index (χ0) is 23.0. The molecule has 0 radical (unpaired) electrons. The molecule has 1 aromatic carbocycles. The van der Waals surface area contributed by atoms with E-state index in [0.29, 0.717) is 5.56 Å². The molecule has 0 aromatic heterocycles. The van der Waals surface area contributed by atoms with Gasteiger partial charge >= 0.3 is 0 Å². The lowest BCUT2D eigenvalue weighted by molar-refractivity contribution is -0.181. The number of primary amides is 1. The van der Waals surface area contributed by atoms with Crippen molar-refractivity contribution in [3.8, 4) is 5.75 Å². The van der Waals surface area contributed by atoms with Crippen LogP contribution in [0.1, 0.15) is 22.3 Å². The van der Waals surface area contributed by atoms with Crippen molar-refractivity contribution >= 4 is 34.7 Å². The summed E-state index contributed by atoms with van der Waals surface area (Å²) in [5.74, 6) is -10.7. The minimum Gasteiger partial charge on any atom is -0.505 e. The number of phenols is 1. The van der Waals surface area contributed by atoms with E-state index in [1.165, 1.54) is 25.1 Å². The van der Waals surface area contributed by atoms with Crippen LogP contribution in [0.5, 0.6) is 5.75 Å². The number of aliphatic hydroxyl groups is 1. The fraction of sp³-hybridized carbons (Fsp3) is 0.476. The first kappa shape index (κ1) is 21.1. The van der Waals surface area contributed by atoms with Crippen molar-refractivity contribution in [1.82, 2.24) is 4.90 Å². The van der Waals surface area contributed by atoms with Gasteiger partial charge in [0.2, 0.25) is 5.91 Å². The maximum absolute atomic E-state index is 13.5. The minimum atomic E-state index is -2.72. The Hall–Kier alpha value is -3.11. The molecule has 0 spiro atoms. The number of aromatic hydroxyl groups is 1. The Kier molecular flexibility index (Phi) is 4.56. The van der Waals surface area contributed by atoms with Crippen molar-refractivity contribution in [2.24, 2.45) is 29.4 Å². The Morgan fingerprint density at radius 3 is 2.39 bits per heavy atom. The molecule has 2 fully saturated rings. The van der Waals surface area contributed by atoms with Crippen molar-refractivity contribution in [3.05, 3.63) is 23.3 Å². The highest BCUT2D eigenvalue weighted by molar-refractivity contribution is 6.32. The summed E-state index contributed by atoms with van der Waals surface area (Å²) in [6.45, 7) is 0. The summed E-state index contributed by atoms with van der Waals surface area (Å²) in [6.07, 6.45) is 0.245. The van der Waals surface area contributed by atoms with Gasteiger partial charge in [-0.2, -0.15) is 0 Å². The molecule has 0 saturated heterocycles. The molecule has 6 N–H and O–H groups in total. The first-order valence-corrected chi connectivity index (χ1v) is 9.87. The van der Waals surface area contributed by atoms with Gasteiger partial charge in [-0.05, 0) is 44.5 Å². The number of carbonyl (C=O) groups is 5. The highest BCUT2D eigenvalue weighted by atomic mass is 16.3. The average molecular weight is 429 g/mol. The van der Waals surface area contributed by atoms with E-state index in [9.17, 15) is 34.2 Å². The Balaban J connectivity index is 1.87. The van der Waals surface area contributed by atoms with Crippen LogP contribution in [0.2, 0.25) is 0 Å². The van der Waals surface area contributed by atoms with Gasteiger partial charge < -0.3 is 21.7 Å². The number of benzene rings is 1. The number of nitrogens with zero attached hydrogens (tertiary/aromatic N) is 1. The Labute approximate surface area is 177 Å². The molecule has 0 aliphatic heterocycles. The molecule has 0 bridgehead atoms. The number of amides is 1. The highest BCUT2D eigenvalue weighted by Crippen LogP contribution is 2.50. The molecular formula is C21H23N3O7. The van der Waals surface area contributed by atoms with Gasteiger partial charge in [0.25, 0.3) is 0 Å². The predicted octanol–water partition coefficient (Wildman–Crippen LogP) is -1.55. The summed E-state index contributed by atoms with van der Waals surface area (Å²) in [7, 11) is 3.07. The summed E-state index contributed by atoms with van der Waals surface area (Å²) in [5.41, 5.74) is 8.60. The summed E-state index contributed by atoms with van der Waals surface area (Å²) in [5, 5.41) is 21.7. The van der Waals surface area contributed by atoms with Gasteiger partial charge in [-0.25, -0.2) is 0 Å². The van der Waals surface area contributed by atoms with Crippen LogP contribution in [0.4, 0.5) is 5.69 Å². The van der Waals surface area contributed by atoms with Crippen molar-refractivity contribution in [2.75, 3.05) is 19.8 Å². The molecule has 4 rings (SSSR count). The number of hydrogen-bond donors (Lipinski definition) is 4. The average Bonchev–Trinajstić information content (AvgIpc) is 2.67. The summed E-state index contributed by atoms with van der Waals surface area (Å²) in [6, 6.07) is 1.94. The summed E-state index contributed by atoms with van der Waals surface area (Å²) in [4.78, 5) is 66.0. The monoisotopic (exact) mass is 429 g/mol. The second-order valence-electron chi connectivity index (χ2n) is 8.83. The number of likely N-dealkylation sites (N-methyl/N-ethyl adjacent to an activating group) is 1. The number of phenolic OH excluding ortho intramolecular Hbond substituents is 1. The first-order valence-electron chi connectivity index (χ1n) is 9.87. The molecule has 164 valence electrons. The fourth-order valence-electron chi connectivity index (χ4n) is 5.60. The minimum absolute atomic E-state index is 0.0229. The lowest BCUT2D eigenvalue weighted by Gasteiger charge is -2.52. The van der Waals surface area contributed by atoms with E-state index in [1.807, 2.05) is 0 Å². The van der Waals surface area contributed by atoms with E-state index in [4.69, 9.17) is 11.5 Å². The van der Waals surface area contributed by atoms with E-state index in [2.05, 4.69) is 0 Å².